The molecule has 0 spiro atoms. The normalized spacial score (nSPS) is 20.4. The lowest BCUT2D eigenvalue weighted by atomic mass is 9.98. The second kappa shape index (κ2) is 5.77. The van der Waals surface area contributed by atoms with E-state index in [1.807, 2.05) is 30.3 Å². The molecule has 1 aliphatic heterocycles. The van der Waals surface area contributed by atoms with E-state index in [0.29, 0.717) is 12.5 Å². The summed E-state index contributed by atoms with van der Waals surface area (Å²) in [6.45, 7) is 2.78. The van der Waals surface area contributed by atoms with Gasteiger partial charge in [0.25, 0.3) is 5.56 Å². The highest BCUT2D eigenvalue weighted by Crippen LogP contribution is 2.18. The molecule has 0 bridgehead atoms. The van der Waals surface area contributed by atoms with E-state index in [1.54, 1.807) is 0 Å². The Balaban J connectivity index is 1.83. The lowest BCUT2D eigenvalue weighted by molar-refractivity contribution is 0.115. The number of nitrogens with zero attached hydrogens (tertiary/aromatic N) is 1. The van der Waals surface area contributed by atoms with Gasteiger partial charge >= 0.3 is 0 Å². The van der Waals surface area contributed by atoms with E-state index in [0.717, 1.165) is 42.4 Å². The molecule has 1 aliphatic rings. The summed E-state index contributed by atoms with van der Waals surface area (Å²) in [6, 6.07) is 9.82. The van der Waals surface area contributed by atoms with E-state index in [9.17, 15) is 9.90 Å². The van der Waals surface area contributed by atoms with Crippen LogP contribution in [0.1, 0.15) is 18.4 Å². The van der Waals surface area contributed by atoms with Gasteiger partial charge in [0.2, 0.25) is 0 Å². The van der Waals surface area contributed by atoms with Crippen LogP contribution in [0.5, 0.6) is 0 Å². The number of hydrogen-bond acceptors (Lipinski definition) is 3. The third-order valence-corrected chi connectivity index (χ3v) is 4.09. The SMILES string of the molecule is O=c1[nH]c2ccccc2cc1CN1CCC[C@@H](CO)C1. The van der Waals surface area contributed by atoms with E-state index in [-0.39, 0.29) is 12.2 Å². The predicted molar refractivity (Wildman–Crippen MR) is 79.7 cm³/mol. The Hall–Kier alpha value is -1.65. The van der Waals surface area contributed by atoms with Crippen LogP contribution in [0.3, 0.4) is 0 Å². The molecule has 2 N–H and O–H groups in total. The smallest absolute Gasteiger partial charge is 0.252 e. The number of benzene rings is 1. The van der Waals surface area contributed by atoms with Crippen LogP contribution in [0, 0.1) is 5.92 Å². The summed E-state index contributed by atoms with van der Waals surface area (Å²) in [4.78, 5) is 17.3. The van der Waals surface area contributed by atoms with Crippen LogP contribution >= 0.6 is 0 Å². The van der Waals surface area contributed by atoms with Gasteiger partial charge in [0, 0.05) is 30.8 Å². The first-order valence-electron chi connectivity index (χ1n) is 7.20. The molecule has 20 heavy (non-hydrogen) atoms. The van der Waals surface area contributed by atoms with Crippen LogP contribution in [0.2, 0.25) is 0 Å². The molecule has 106 valence electrons. The molecule has 0 unspecified atom stereocenters. The summed E-state index contributed by atoms with van der Waals surface area (Å²) in [5.41, 5.74) is 1.69. The number of nitrogens with one attached hydrogen (secondary N) is 1. The second-order valence-corrected chi connectivity index (χ2v) is 5.64. The molecule has 0 amide bonds. The molecular formula is C16H20N2O2. The Labute approximate surface area is 118 Å². The molecule has 4 nitrogen and oxygen atoms in total. The Morgan fingerprint density at radius 2 is 2.20 bits per heavy atom. The van der Waals surface area contributed by atoms with Crippen LogP contribution in [0.4, 0.5) is 0 Å². The highest BCUT2D eigenvalue weighted by Gasteiger charge is 2.20. The minimum Gasteiger partial charge on any atom is -0.396 e. The number of H-pyrrole nitrogens is 1. The average Bonchev–Trinajstić information content (AvgIpc) is 2.48. The molecule has 0 saturated carbocycles. The molecule has 2 aromatic rings. The van der Waals surface area contributed by atoms with Gasteiger partial charge in [0.15, 0.2) is 0 Å². The first kappa shape index (κ1) is 13.3. The Morgan fingerprint density at radius 1 is 1.35 bits per heavy atom. The molecule has 2 heterocycles. The number of pyridine rings is 1. The van der Waals surface area contributed by atoms with Gasteiger partial charge in [-0.15, -0.1) is 0 Å². The Morgan fingerprint density at radius 3 is 3.05 bits per heavy atom. The molecule has 3 rings (SSSR count). The van der Waals surface area contributed by atoms with Crippen LogP contribution in [-0.2, 0) is 6.54 Å². The largest absolute Gasteiger partial charge is 0.396 e. The summed E-state index contributed by atoms with van der Waals surface area (Å²) in [5.74, 6) is 0.350. The van der Waals surface area contributed by atoms with E-state index in [2.05, 4.69) is 9.88 Å². The van der Waals surface area contributed by atoms with Crippen molar-refractivity contribution in [2.75, 3.05) is 19.7 Å². The maximum atomic E-state index is 12.1. The van der Waals surface area contributed by atoms with Gasteiger partial charge in [0.1, 0.15) is 0 Å². The summed E-state index contributed by atoms with van der Waals surface area (Å²) in [7, 11) is 0. The molecule has 1 saturated heterocycles. The number of hydrogen-bond donors (Lipinski definition) is 2. The fourth-order valence-corrected chi connectivity index (χ4v) is 2.99. The van der Waals surface area contributed by atoms with Crippen LogP contribution in [0.25, 0.3) is 10.9 Å². The van der Waals surface area contributed by atoms with Gasteiger partial charge in [-0.3, -0.25) is 9.69 Å². The maximum Gasteiger partial charge on any atom is 0.252 e. The summed E-state index contributed by atoms with van der Waals surface area (Å²) in [5, 5.41) is 10.3. The van der Waals surface area contributed by atoms with Gasteiger partial charge in [-0.25, -0.2) is 0 Å². The van der Waals surface area contributed by atoms with Crippen LogP contribution < -0.4 is 5.56 Å². The Bertz CT molecular complexity index is 650. The number of aliphatic hydroxyl groups is 1. The van der Waals surface area contributed by atoms with E-state index < -0.39 is 0 Å². The maximum absolute atomic E-state index is 12.1. The zero-order valence-corrected chi connectivity index (χ0v) is 11.5. The second-order valence-electron chi connectivity index (χ2n) is 5.64. The minimum absolute atomic E-state index is 0.00479. The lowest BCUT2D eigenvalue weighted by Crippen LogP contribution is -2.37. The number of aromatic amines is 1. The first-order valence-corrected chi connectivity index (χ1v) is 7.20. The molecule has 1 aromatic heterocycles. The highest BCUT2D eigenvalue weighted by molar-refractivity contribution is 5.78. The van der Waals surface area contributed by atoms with Gasteiger partial charge in [0.05, 0.1) is 0 Å². The Kier molecular flexibility index (Phi) is 3.85. The van der Waals surface area contributed by atoms with Crippen molar-refractivity contribution in [2.24, 2.45) is 5.92 Å². The fourth-order valence-electron chi connectivity index (χ4n) is 2.99. The molecule has 1 atom stereocenters. The third kappa shape index (κ3) is 2.76. The topological polar surface area (TPSA) is 56.3 Å². The number of rotatable bonds is 3. The van der Waals surface area contributed by atoms with Crippen molar-refractivity contribution in [2.45, 2.75) is 19.4 Å². The number of aliphatic hydroxyl groups excluding tert-OH is 1. The summed E-state index contributed by atoms with van der Waals surface area (Å²) < 4.78 is 0. The number of para-hydroxylation sites is 1. The summed E-state index contributed by atoms with van der Waals surface area (Å²) >= 11 is 0. The minimum atomic E-state index is -0.00479. The molecular weight excluding hydrogens is 252 g/mol. The lowest BCUT2D eigenvalue weighted by Gasteiger charge is -2.31. The zero-order chi connectivity index (χ0) is 13.9. The molecule has 1 fully saturated rings. The molecule has 4 heteroatoms. The quantitative estimate of drug-likeness (QED) is 0.894. The van der Waals surface area contributed by atoms with Crippen molar-refractivity contribution in [1.82, 2.24) is 9.88 Å². The van der Waals surface area contributed by atoms with Gasteiger partial charge < -0.3 is 10.1 Å². The van der Waals surface area contributed by atoms with Crippen LogP contribution in [0.15, 0.2) is 35.1 Å². The molecule has 1 aromatic carbocycles. The molecule has 0 radical (unpaired) electrons. The van der Waals surface area contributed by atoms with Crippen molar-refractivity contribution < 1.29 is 5.11 Å². The monoisotopic (exact) mass is 272 g/mol. The van der Waals surface area contributed by atoms with Crippen molar-refractivity contribution in [3.05, 3.63) is 46.2 Å². The number of aromatic nitrogens is 1. The zero-order valence-electron chi connectivity index (χ0n) is 11.5. The van der Waals surface area contributed by atoms with Crippen molar-refractivity contribution in [1.29, 1.82) is 0 Å². The van der Waals surface area contributed by atoms with Gasteiger partial charge in [-0.2, -0.15) is 0 Å². The fraction of sp³-hybridized carbons (Fsp3) is 0.438. The number of likely N-dealkylation sites (tertiary alicyclic amines) is 1. The molecule has 0 aliphatic carbocycles. The number of fused-ring (bicyclic) bond motifs is 1. The van der Waals surface area contributed by atoms with E-state index in [1.165, 1.54) is 0 Å². The average molecular weight is 272 g/mol. The predicted octanol–water partition coefficient (Wildman–Crippen LogP) is 1.73. The van der Waals surface area contributed by atoms with Crippen LogP contribution in [-0.4, -0.2) is 34.7 Å². The number of piperidine rings is 1. The first-order chi connectivity index (χ1) is 9.76. The standard InChI is InChI=1S/C16H20N2O2/c19-11-12-4-3-7-18(9-12)10-14-8-13-5-1-2-6-15(13)17-16(14)20/h1-2,5-6,8,12,19H,3-4,7,9-11H2,(H,17,20)/t12-/m1/s1. The third-order valence-electron chi connectivity index (χ3n) is 4.09. The van der Waals surface area contributed by atoms with Crippen molar-refractivity contribution in [3.63, 3.8) is 0 Å². The summed E-state index contributed by atoms with van der Waals surface area (Å²) in [6.07, 6.45) is 2.18. The highest BCUT2D eigenvalue weighted by atomic mass is 16.3. The van der Waals surface area contributed by atoms with Gasteiger partial charge in [-0.05, 0) is 42.8 Å². The van der Waals surface area contributed by atoms with Crippen molar-refractivity contribution >= 4 is 10.9 Å². The van der Waals surface area contributed by atoms with Gasteiger partial charge in [-0.1, -0.05) is 18.2 Å². The van der Waals surface area contributed by atoms with E-state index >= 15 is 0 Å². The van der Waals surface area contributed by atoms with Crippen molar-refractivity contribution in [3.8, 4) is 0 Å². The van der Waals surface area contributed by atoms with E-state index in [4.69, 9.17) is 0 Å².